The first-order valence-corrected chi connectivity index (χ1v) is 9.43. The molecule has 9 heteroatoms. The van der Waals surface area contributed by atoms with Crippen molar-refractivity contribution in [1.82, 2.24) is 0 Å². The number of alkyl halides is 6. The van der Waals surface area contributed by atoms with Gasteiger partial charge in [-0.25, -0.2) is 0 Å². The standard InChI is InChI=1S/C21H15F6OP.Li.H/c1-13-12-15(28-14-6-3-2-4-7-14)10-11-18(13)29-19-16(20(22,23)24)8-5-9-17(19)21(25,26)27;;/h2-12,29H,1H3;;. The Morgan fingerprint density at radius 2 is 1.27 bits per heavy atom. The molecule has 0 aliphatic heterocycles. The molecule has 3 aromatic carbocycles. The van der Waals surface area contributed by atoms with Crippen LogP contribution >= 0.6 is 8.58 Å². The number of aryl methyl sites for hydroxylation is 1. The van der Waals surface area contributed by atoms with Gasteiger partial charge in [0.15, 0.2) is 0 Å². The van der Waals surface area contributed by atoms with E-state index in [1.807, 2.05) is 6.07 Å². The Balaban J connectivity index is 0.00000320. The Labute approximate surface area is 183 Å². The second kappa shape index (κ2) is 9.47. The molecule has 30 heavy (non-hydrogen) atoms. The molecule has 1 atom stereocenters. The van der Waals surface area contributed by atoms with Crippen LogP contribution < -0.4 is 15.3 Å². The third-order valence-electron chi connectivity index (χ3n) is 4.11. The average molecular weight is 436 g/mol. The van der Waals surface area contributed by atoms with Crippen LogP contribution in [0.3, 0.4) is 0 Å². The fourth-order valence-corrected chi connectivity index (χ4v) is 4.18. The van der Waals surface area contributed by atoms with Crippen molar-refractivity contribution >= 4 is 38.1 Å². The van der Waals surface area contributed by atoms with Crippen LogP contribution in [0.5, 0.6) is 11.5 Å². The van der Waals surface area contributed by atoms with E-state index in [0.717, 1.165) is 6.07 Å². The van der Waals surface area contributed by atoms with E-state index in [1.54, 1.807) is 37.3 Å². The third-order valence-corrected chi connectivity index (χ3v) is 5.73. The maximum absolute atomic E-state index is 13.3. The molecule has 0 aromatic heterocycles. The number of ether oxygens (including phenoxy) is 1. The summed E-state index contributed by atoms with van der Waals surface area (Å²) >= 11 is 0. The quantitative estimate of drug-likeness (QED) is 0.285. The van der Waals surface area contributed by atoms with Crippen LogP contribution in [0, 0.1) is 6.92 Å². The number of hydrogen-bond donors (Lipinski definition) is 0. The van der Waals surface area contributed by atoms with Gasteiger partial charge >= 0.3 is 31.2 Å². The van der Waals surface area contributed by atoms with E-state index in [4.69, 9.17) is 4.74 Å². The Bertz CT molecular complexity index is 970. The summed E-state index contributed by atoms with van der Waals surface area (Å²) < 4.78 is 85.7. The number of benzene rings is 3. The van der Waals surface area contributed by atoms with Crippen LogP contribution in [0.25, 0.3) is 0 Å². The predicted octanol–water partition coefficient (Wildman–Crippen LogP) is 5.81. The van der Waals surface area contributed by atoms with Gasteiger partial charge in [0.05, 0.1) is 11.1 Å². The molecule has 0 aliphatic carbocycles. The van der Waals surface area contributed by atoms with Crippen molar-refractivity contribution in [2.24, 2.45) is 0 Å². The van der Waals surface area contributed by atoms with Gasteiger partial charge in [0.25, 0.3) is 0 Å². The summed E-state index contributed by atoms with van der Waals surface area (Å²) in [6.45, 7) is 1.63. The second-order valence-electron chi connectivity index (χ2n) is 6.24. The summed E-state index contributed by atoms with van der Waals surface area (Å²) in [5.41, 5.74) is -1.99. The molecule has 0 saturated carbocycles. The van der Waals surface area contributed by atoms with Crippen LogP contribution in [0.2, 0.25) is 0 Å². The first kappa shape index (κ1) is 24.3. The Kier molecular flexibility index (Phi) is 7.68. The van der Waals surface area contributed by atoms with Crippen molar-refractivity contribution in [3.05, 3.63) is 83.4 Å². The predicted molar refractivity (Wildman–Crippen MR) is 109 cm³/mol. The SMILES string of the molecule is Cc1cc(Oc2ccccc2)ccc1Pc1c(C(F)(F)F)cccc1C(F)(F)F.[LiH]. The summed E-state index contributed by atoms with van der Waals surface area (Å²) in [5.74, 6) is 1.02. The third kappa shape index (κ3) is 5.82. The molecule has 0 bridgehead atoms. The molecule has 0 aliphatic rings. The number of rotatable bonds is 4. The molecular formula is C21H16F6LiOP. The fraction of sp³-hybridized carbons (Fsp3) is 0.143. The summed E-state index contributed by atoms with van der Waals surface area (Å²) in [7, 11) is -0.811. The molecule has 0 N–H and O–H groups in total. The minimum atomic E-state index is -4.88. The molecule has 0 radical (unpaired) electrons. The van der Waals surface area contributed by atoms with Gasteiger partial charge in [-0.05, 0) is 54.2 Å². The molecule has 3 aromatic rings. The van der Waals surface area contributed by atoms with Gasteiger partial charge in [-0.3, -0.25) is 0 Å². The number of hydrogen-bond acceptors (Lipinski definition) is 1. The van der Waals surface area contributed by atoms with Crippen LogP contribution in [-0.2, 0) is 12.4 Å². The Morgan fingerprint density at radius 3 is 1.77 bits per heavy atom. The molecule has 0 spiro atoms. The number of halogens is 6. The number of para-hydroxylation sites is 1. The van der Waals surface area contributed by atoms with E-state index < -0.39 is 37.4 Å². The molecule has 0 heterocycles. The van der Waals surface area contributed by atoms with Crippen molar-refractivity contribution in [3.63, 3.8) is 0 Å². The van der Waals surface area contributed by atoms with E-state index in [-0.39, 0.29) is 18.9 Å². The fourth-order valence-electron chi connectivity index (χ4n) is 2.76. The van der Waals surface area contributed by atoms with Crippen LogP contribution in [0.1, 0.15) is 16.7 Å². The Hall–Kier alpha value is -1.93. The molecular weight excluding hydrogens is 420 g/mol. The van der Waals surface area contributed by atoms with Gasteiger partial charge in [0.2, 0.25) is 0 Å². The Morgan fingerprint density at radius 1 is 0.700 bits per heavy atom. The zero-order chi connectivity index (χ0) is 21.2. The first-order chi connectivity index (χ1) is 13.6. The van der Waals surface area contributed by atoms with Crippen molar-refractivity contribution in [1.29, 1.82) is 0 Å². The molecule has 154 valence electrons. The zero-order valence-electron chi connectivity index (χ0n) is 15.0. The van der Waals surface area contributed by atoms with Crippen LogP contribution in [-0.4, -0.2) is 18.9 Å². The summed E-state index contributed by atoms with van der Waals surface area (Å²) in [5, 5.41) is -0.375. The van der Waals surface area contributed by atoms with Gasteiger partial charge in [-0.1, -0.05) is 38.9 Å². The summed E-state index contributed by atoms with van der Waals surface area (Å²) in [6, 6.07) is 15.6. The normalized spacial score (nSPS) is 12.1. The monoisotopic (exact) mass is 436 g/mol. The minimum absolute atomic E-state index is 0. The second-order valence-corrected chi connectivity index (χ2v) is 7.53. The molecule has 0 saturated heterocycles. The van der Waals surface area contributed by atoms with Gasteiger partial charge in [0.1, 0.15) is 11.5 Å². The molecule has 1 nitrogen and oxygen atoms in total. The van der Waals surface area contributed by atoms with E-state index in [9.17, 15) is 26.3 Å². The van der Waals surface area contributed by atoms with E-state index in [0.29, 0.717) is 34.5 Å². The van der Waals surface area contributed by atoms with Crippen LogP contribution in [0.4, 0.5) is 26.3 Å². The van der Waals surface area contributed by atoms with Crippen LogP contribution in [0.15, 0.2) is 66.7 Å². The summed E-state index contributed by atoms with van der Waals surface area (Å²) in [4.78, 5) is 0. The van der Waals surface area contributed by atoms with Crippen molar-refractivity contribution in [2.75, 3.05) is 0 Å². The molecule has 1 unspecified atom stereocenters. The maximum atomic E-state index is 13.3. The summed E-state index contributed by atoms with van der Waals surface area (Å²) in [6.07, 6.45) is -9.76. The van der Waals surface area contributed by atoms with Crippen molar-refractivity contribution in [2.45, 2.75) is 19.3 Å². The average Bonchev–Trinajstić information content (AvgIpc) is 2.63. The van der Waals surface area contributed by atoms with E-state index >= 15 is 0 Å². The van der Waals surface area contributed by atoms with Crippen molar-refractivity contribution < 1.29 is 31.1 Å². The van der Waals surface area contributed by atoms with Gasteiger partial charge in [-0.15, -0.1) is 0 Å². The van der Waals surface area contributed by atoms with E-state index in [2.05, 4.69) is 0 Å². The van der Waals surface area contributed by atoms with E-state index in [1.165, 1.54) is 12.1 Å². The van der Waals surface area contributed by atoms with Gasteiger partial charge in [-0.2, -0.15) is 26.3 Å². The van der Waals surface area contributed by atoms with Crippen molar-refractivity contribution in [3.8, 4) is 11.5 Å². The molecule has 0 fully saturated rings. The zero-order valence-corrected chi connectivity index (χ0v) is 16.0. The molecule has 0 amide bonds. The topological polar surface area (TPSA) is 9.23 Å². The van der Waals surface area contributed by atoms with Gasteiger partial charge < -0.3 is 4.74 Å². The van der Waals surface area contributed by atoms with Gasteiger partial charge in [0, 0.05) is 5.30 Å². The first-order valence-electron chi connectivity index (χ1n) is 8.43. The molecule has 3 rings (SSSR count).